The van der Waals surface area contributed by atoms with Crippen LogP contribution in [0.4, 0.5) is 0 Å². The quantitative estimate of drug-likeness (QED) is 0.680. The number of ether oxygens (including phenoxy) is 2. The summed E-state index contributed by atoms with van der Waals surface area (Å²) < 4.78 is 10.3. The van der Waals surface area contributed by atoms with Gasteiger partial charge in [0.1, 0.15) is 0 Å². The first-order chi connectivity index (χ1) is 8.60. The summed E-state index contributed by atoms with van der Waals surface area (Å²) in [6.07, 6.45) is 5.28. The molecule has 1 saturated carbocycles. The molecule has 106 valence electrons. The first-order valence-corrected chi connectivity index (χ1v) is 6.91. The topological polar surface area (TPSA) is 55.8 Å². The Balaban J connectivity index is 2.28. The Morgan fingerprint density at radius 1 is 1.28 bits per heavy atom. The molecule has 0 radical (unpaired) electrons. The minimum absolute atomic E-state index is 0.489. The fraction of sp³-hybridized carbons (Fsp3) is 0.929. The van der Waals surface area contributed by atoms with E-state index in [2.05, 4.69) is 6.92 Å². The van der Waals surface area contributed by atoms with Crippen molar-refractivity contribution in [3.8, 4) is 0 Å². The van der Waals surface area contributed by atoms with Gasteiger partial charge in [-0.05, 0) is 44.4 Å². The van der Waals surface area contributed by atoms with Crippen LogP contribution in [0.1, 0.15) is 45.4 Å². The van der Waals surface area contributed by atoms with Crippen molar-refractivity contribution in [2.75, 3.05) is 26.9 Å². The number of rotatable bonds is 8. The van der Waals surface area contributed by atoms with Crippen LogP contribution in [0.3, 0.4) is 0 Å². The molecule has 0 saturated heterocycles. The highest BCUT2D eigenvalue weighted by Crippen LogP contribution is 2.42. The lowest BCUT2D eigenvalue weighted by Gasteiger charge is -2.35. The molecule has 0 bridgehead atoms. The van der Waals surface area contributed by atoms with Gasteiger partial charge in [-0.25, -0.2) is 0 Å². The molecule has 1 aliphatic carbocycles. The molecule has 0 heterocycles. The highest BCUT2D eigenvalue weighted by Gasteiger charge is 2.40. The highest BCUT2D eigenvalue weighted by molar-refractivity contribution is 5.74. The van der Waals surface area contributed by atoms with Gasteiger partial charge in [0.25, 0.3) is 0 Å². The molecular formula is C14H26O4. The lowest BCUT2D eigenvalue weighted by molar-refractivity contribution is -0.152. The summed E-state index contributed by atoms with van der Waals surface area (Å²) in [5.41, 5.74) is -0.489. The molecule has 18 heavy (non-hydrogen) atoms. The number of carboxylic acids is 1. The average Bonchev–Trinajstić information content (AvgIpc) is 2.36. The molecule has 1 fully saturated rings. The summed E-state index contributed by atoms with van der Waals surface area (Å²) >= 11 is 0. The molecule has 0 aromatic rings. The van der Waals surface area contributed by atoms with Crippen LogP contribution in [-0.4, -0.2) is 38.0 Å². The zero-order valence-corrected chi connectivity index (χ0v) is 11.6. The van der Waals surface area contributed by atoms with Gasteiger partial charge in [-0.2, -0.15) is 0 Å². The standard InChI is InChI=1S/C14H26O4/c1-12-4-7-14(8-5-12,13(15)16)6-3-9-18-11-10-17-2/h12H,3-11H2,1-2H3,(H,15,16). The molecule has 0 aliphatic heterocycles. The maximum Gasteiger partial charge on any atom is 0.309 e. The second-order valence-corrected chi connectivity index (χ2v) is 5.48. The maximum absolute atomic E-state index is 11.5. The summed E-state index contributed by atoms with van der Waals surface area (Å²) in [6.45, 7) is 4.03. The molecule has 0 unspecified atom stereocenters. The Kier molecular flexibility index (Phi) is 6.65. The molecule has 1 aliphatic rings. The molecule has 1 rings (SSSR count). The molecule has 0 atom stereocenters. The fourth-order valence-electron chi connectivity index (χ4n) is 2.64. The van der Waals surface area contributed by atoms with Gasteiger partial charge in [0.15, 0.2) is 0 Å². The van der Waals surface area contributed by atoms with Crippen LogP contribution in [0, 0.1) is 11.3 Å². The third kappa shape index (κ3) is 4.58. The van der Waals surface area contributed by atoms with Crippen molar-refractivity contribution in [1.82, 2.24) is 0 Å². The van der Waals surface area contributed by atoms with Crippen LogP contribution in [0.25, 0.3) is 0 Å². The summed E-state index contributed by atoms with van der Waals surface area (Å²) in [7, 11) is 1.64. The Hall–Kier alpha value is -0.610. The van der Waals surface area contributed by atoms with Crippen molar-refractivity contribution < 1.29 is 19.4 Å². The Labute approximate surface area is 110 Å². The first kappa shape index (κ1) is 15.4. The second-order valence-electron chi connectivity index (χ2n) is 5.48. The van der Waals surface area contributed by atoms with E-state index in [1.165, 1.54) is 0 Å². The minimum atomic E-state index is -0.619. The van der Waals surface area contributed by atoms with E-state index in [1.807, 2.05) is 0 Å². The second kappa shape index (κ2) is 7.74. The number of aliphatic carboxylic acids is 1. The van der Waals surface area contributed by atoms with Gasteiger partial charge in [-0.1, -0.05) is 6.92 Å². The summed E-state index contributed by atoms with van der Waals surface area (Å²) in [5.74, 6) is 0.0571. The van der Waals surface area contributed by atoms with E-state index in [0.29, 0.717) is 25.7 Å². The molecule has 0 aromatic carbocycles. The predicted octanol–water partition coefficient (Wildman–Crippen LogP) is 2.71. The van der Waals surface area contributed by atoms with E-state index in [9.17, 15) is 9.90 Å². The smallest absolute Gasteiger partial charge is 0.309 e. The van der Waals surface area contributed by atoms with Gasteiger partial charge in [0.05, 0.1) is 18.6 Å². The van der Waals surface area contributed by atoms with E-state index >= 15 is 0 Å². The van der Waals surface area contributed by atoms with E-state index in [1.54, 1.807) is 7.11 Å². The van der Waals surface area contributed by atoms with Gasteiger partial charge >= 0.3 is 5.97 Å². The van der Waals surface area contributed by atoms with E-state index in [4.69, 9.17) is 9.47 Å². The number of hydrogen-bond donors (Lipinski definition) is 1. The zero-order chi connectivity index (χ0) is 13.4. The first-order valence-electron chi connectivity index (χ1n) is 6.91. The molecule has 4 nitrogen and oxygen atoms in total. The predicted molar refractivity (Wildman–Crippen MR) is 69.6 cm³/mol. The third-order valence-corrected chi connectivity index (χ3v) is 4.06. The number of methoxy groups -OCH3 is 1. The molecule has 1 N–H and O–H groups in total. The third-order valence-electron chi connectivity index (χ3n) is 4.06. The SMILES string of the molecule is COCCOCCCC1(C(=O)O)CCC(C)CC1. The largest absolute Gasteiger partial charge is 0.481 e. The van der Waals surface area contributed by atoms with Gasteiger partial charge in [0, 0.05) is 13.7 Å². The van der Waals surface area contributed by atoms with Crippen molar-refractivity contribution in [3.05, 3.63) is 0 Å². The molecule has 0 spiro atoms. The number of carboxylic acid groups (broad SMARTS) is 1. The molecular weight excluding hydrogens is 232 g/mol. The summed E-state index contributed by atoms with van der Waals surface area (Å²) in [6, 6.07) is 0. The van der Waals surface area contributed by atoms with Crippen LogP contribution in [0.5, 0.6) is 0 Å². The summed E-state index contributed by atoms with van der Waals surface area (Å²) in [5, 5.41) is 9.45. The minimum Gasteiger partial charge on any atom is -0.481 e. The van der Waals surface area contributed by atoms with E-state index in [0.717, 1.165) is 38.5 Å². The van der Waals surface area contributed by atoms with Crippen molar-refractivity contribution in [2.45, 2.75) is 45.4 Å². The van der Waals surface area contributed by atoms with E-state index < -0.39 is 11.4 Å². The lowest BCUT2D eigenvalue weighted by atomic mass is 9.68. The van der Waals surface area contributed by atoms with Gasteiger partial charge < -0.3 is 14.6 Å². The van der Waals surface area contributed by atoms with Crippen molar-refractivity contribution >= 4 is 5.97 Å². The molecule has 0 aromatic heterocycles. The monoisotopic (exact) mass is 258 g/mol. The van der Waals surface area contributed by atoms with Crippen LogP contribution in [0.2, 0.25) is 0 Å². The Morgan fingerprint density at radius 3 is 2.50 bits per heavy atom. The van der Waals surface area contributed by atoms with Gasteiger partial charge in [-0.3, -0.25) is 4.79 Å². The normalized spacial score (nSPS) is 28.2. The number of hydrogen-bond acceptors (Lipinski definition) is 3. The maximum atomic E-state index is 11.5. The van der Waals surface area contributed by atoms with Crippen LogP contribution < -0.4 is 0 Å². The fourth-order valence-corrected chi connectivity index (χ4v) is 2.64. The molecule has 0 amide bonds. The van der Waals surface area contributed by atoms with Crippen LogP contribution >= 0.6 is 0 Å². The zero-order valence-electron chi connectivity index (χ0n) is 11.6. The van der Waals surface area contributed by atoms with Crippen molar-refractivity contribution in [3.63, 3.8) is 0 Å². The number of carbonyl (C=O) groups is 1. The summed E-state index contributed by atoms with van der Waals surface area (Å²) in [4.78, 5) is 11.5. The van der Waals surface area contributed by atoms with Gasteiger partial charge in [-0.15, -0.1) is 0 Å². The van der Waals surface area contributed by atoms with E-state index in [-0.39, 0.29) is 0 Å². The molecule has 4 heteroatoms. The van der Waals surface area contributed by atoms with Crippen LogP contribution in [0.15, 0.2) is 0 Å². The Bertz CT molecular complexity index is 244. The average molecular weight is 258 g/mol. The highest BCUT2D eigenvalue weighted by atomic mass is 16.5. The van der Waals surface area contributed by atoms with Crippen LogP contribution in [-0.2, 0) is 14.3 Å². The van der Waals surface area contributed by atoms with Crippen molar-refractivity contribution in [2.24, 2.45) is 11.3 Å². The van der Waals surface area contributed by atoms with Gasteiger partial charge in [0.2, 0.25) is 0 Å². The Morgan fingerprint density at radius 2 is 1.94 bits per heavy atom. The van der Waals surface area contributed by atoms with Crippen molar-refractivity contribution in [1.29, 1.82) is 0 Å². The lowest BCUT2D eigenvalue weighted by Crippen LogP contribution is -2.35.